The lowest BCUT2D eigenvalue weighted by Gasteiger charge is -2.18. The van der Waals surface area contributed by atoms with Crippen LogP contribution in [0.3, 0.4) is 0 Å². The van der Waals surface area contributed by atoms with Crippen molar-refractivity contribution in [3.8, 4) is 78.5 Å². The minimum absolute atomic E-state index is 0.221. The van der Waals surface area contributed by atoms with Crippen molar-refractivity contribution >= 4 is 22.3 Å². The molecule has 288 valence electrons. The van der Waals surface area contributed by atoms with E-state index in [-0.39, 0.29) is 5.92 Å². The zero-order valence-electron chi connectivity index (χ0n) is 33.5. The van der Waals surface area contributed by atoms with Crippen LogP contribution in [0.1, 0.15) is 24.3 Å². The Morgan fingerprint density at radius 3 is 1.46 bits per heavy atom. The van der Waals surface area contributed by atoms with Crippen LogP contribution in [0.15, 0.2) is 217 Å². The monoisotopic (exact) mass is 780 g/mol. The first kappa shape index (κ1) is 36.3. The molecule has 9 aromatic rings. The van der Waals surface area contributed by atoms with Crippen LogP contribution >= 0.6 is 0 Å². The van der Waals surface area contributed by atoms with Crippen LogP contribution in [0.4, 0.5) is 5.69 Å². The van der Waals surface area contributed by atoms with Crippen molar-refractivity contribution in [3.63, 3.8) is 0 Å². The summed E-state index contributed by atoms with van der Waals surface area (Å²) >= 11 is 0. The highest BCUT2D eigenvalue weighted by atomic mass is 14.9. The normalized spacial score (nSPS) is 15.3. The topological polar surface area (TPSA) is 51.0 Å². The summed E-state index contributed by atoms with van der Waals surface area (Å²) in [5.41, 5.74) is 18.3. The van der Waals surface area contributed by atoms with Gasteiger partial charge in [0.1, 0.15) is 0 Å². The van der Waals surface area contributed by atoms with Crippen molar-refractivity contribution in [1.29, 1.82) is 0 Å². The van der Waals surface area contributed by atoms with Gasteiger partial charge in [-0.3, -0.25) is 4.99 Å². The molecule has 4 nitrogen and oxygen atoms in total. The Kier molecular flexibility index (Phi) is 9.36. The highest BCUT2D eigenvalue weighted by Crippen LogP contribution is 2.47. The molecule has 0 N–H and O–H groups in total. The Balaban J connectivity index is 0.923. The highest BCUT2D eigenvalue weighted by Gasteiger charge is 2.31. The van der Waals surface area contributed by atoms with E-state index >= 15 is 0 Å². The molecule has 0 unspecified atom stereocenters. The molecule has 0 saturated heterocycles. The van der Waals surface area contributed by atoms with Crippen molar-refractivity contribution in [2.24, 2.45) is 4.99 Å². The lowest BCUT2D eigenvalue weighted by atomic mass is 9.86. The maximum absolute atomic E-state index is 5.27. The number of benzene rings is 7. The summed E-state index contributed by atoms with van der Waals surface area (Å²) in [5, 5.41) is 1.11. The lowest BCUT2D eigenvalue weighted by Crippen LogP contribution is -2.08. The minimum atomic E-state index is 0.221. The molecule has 0 bridgehead atoms. The van der Waals surface area contributed by atoms with Gasteiger partial charge in [-0.2, -0.15) is 0 Å². The van der Waals surface area contributed by atoms with Crippen molar-refractivity contribution in [2.75, 3.05) is 0 Å². The number of para-hydroxylation sites is 1. The maximum Gasteiger partial charge on any atom is 0.160 e. The summed E-state index contributed by atoms with van der Waals surface area (Å²) in [4.78, 5) is 20.8. The maximum atomic E-state index is 5.27. The third-order valence-electron chi connectivity index (χ3n) is 11.9. The number of aliphatic imine (C=N–C) groups is 1. The van der Waals surface area contributed by atoms with Gasteiger partial charge in [0, 0.05) is 44.8 Å². The smallest absolute Gasteiger partial charge is 0.160 e. The van der Waals surface area contributed by atoms with Crippen LogP contribution in [0, 0.1) is 0 Å². The number of rotatable bonds is 7. The fourth-order valence-corrected chi connectivity index (χ4v) is 8.70. The molecular weight excluding hydrogens is 741 g/mol. The fourth-order valence-electron chi connectivity index (χ4n) is 8.70. The van der Waals surface area contributed by atoms with Gasteiger partial charge < -0.3 is 0 Å². The third-order valence-corrected chi connectivity index (χ3v) is 11.9. The molecule has 2 aliphatic rings. The van der Waals surface area contributed by atoms with Crippen LogP contribution in [0.5, 0.6) is 0 Å². The molecule has 0 fully saturated rings. The van der Waals surface area contributed by atoms with E-state index < -0.39 is 0 Å². The van der Waals surface area contributed by atoms with E-state index in [1.165, 1.54) is 27.8 Å². The number of hydrogen-bond donors (Lipinski definition) is 0. The minimum Gasteiger partial charge on any atom is -0.252 e. The van der Waals surface area contributed by atoms with Crippen LogP contribution in [-0.4, -0.2) is 20.7 Å². The van der Waals surface area contributed by atoms with Crippen LogP contribution < -0.4 is 0 Å². The summed E-state index contributed by atoms with van der Waals surface area (Å²) in [6, 6.07) is 66.2. The van der Waals surface area contributed by atoms with Crippen LogP contribution in [0.25, 0.3) is 89.4 Å². The van der Waals surface area contributed by atoms with Crippen molar-refractivity contribution in [2.45, 2.75) is 18.8 Å². The van der Waals surface area contributed by atoms with Gasteiger partial charge in [0.2, 0.25) is 0 Å². The summed E-state index contributed by atoms with van der Waals surface area (Å²) in [6.07, 6.45) is 10.7. The lowest BCUT2D eigenvalue weighted by molar-refractivity contribution is 0.795. The zero-order chi connectivity index (χ0) is 40.5. The van der Waals surface area contributed by atoms with Crippen LogP contribution in [-0.2, 0) is 0 Å². The first-order chi connectivity index (χ1) is 30.2. The second-order valence-corrected chi connectivity index (χ2v) is 15.7. The van der Waals surface area contributed by atoms with Crippen LogP contribution in [0.2, 0.25) is 0 Å². The molecule has 3 heterocycles. The molecule has 11 rings (SSSR count). The van der Waals surface area contributed by atoms with Gasteiger partial charge >= 0.3 is 0 Å². The number of aromatic nitrogens is 3. The molecule has 61 heavy (non-hydrogen) atoms. The van der Waals surface area contributed by atoms with E-state index in [9.17, 15) is 0 Å². The van der Waals surface area contributed by atoms with E-state index in [1.54, 1.807) is 0 Å². The Labute approximate surface area is 356 Å². The molecule has 0 amide bonds. The summed E-state index contributed by atoms with van der Waals surface area (Å²) < 4.78 is 0. The molecule has 7 aromatic carbocycles. The number of hydrogen-bond acceptors (Lipinski definition) is 4. The predicted octanol–water partition coefficient (Wildman–Crippen LogP) is 14.8. The van der Waals surface area contributed by atoms with Gasteiger partial charge in [0.15, 0.2) is 5.82 Å². The molecule has 0 radical (unpaired) electrons. The molecular formula is C57H40N4. The SMILES string of the molecule is C1=C\CC[C@H]2C(=Nc3c2c(-c2ccc(-c4ccc(-c5nc(-c6ccc(-c7ccccc7)cc6)cc(-c6ccc(-c7ccccc7)cc6)n5)cc4)cc2)nc2ccccc32)\C=C/1. The Bertz CT molecular complexity index is 3030. The number of pyridine rings is 1. The standard InChI is InChI=1S/C57H40N4/c1-2-10-19-50-48(17-9-1)54-55(58-51-20-12-11-18-49(51)56(54)59-50)46-33-25-42(26-34-46)43-27-35-47(36-28-43)57-60-52(44-29-21-40(22-30-44)38-13-5-3-6-14-38)37-53(61-57)45-31-23-41(24-32-45)39-15-7-4-8-16-39/h1-8,10-16,18-37,48H,9,17H2/b2-1-,19-10-/t48-/m0/s1. The first-order valence-electron chi connectivity index (χ1n) is 21.0. The van der Waals surface area contributed by atoms with E-state index in [0.717, 1.165) is 85.6 Å². The van der Waals surface area contributed by atoms with Crippen molar-refractivity contribution in [3.05, 3.63) is 218 Å². The Morgan fingerprint density at radius 1 is 0.410 bits per heavy atom. The Hall–Kier alpha value is -7.82. The molecule has 0 saturated carbocycles. The molecule has 1 atom stereocenters. The summed E-state index contributed by atoms with van der Waals surface area (Å²) in [6.45, 7) is 0. The van der Waals surface area contributed by atoms with E-state index in [2.05, 4.69) is 200 Å². The summed E-state index contributed by atoms with van der Waals surface area (Å²) in [5.74, 6) is 0.908. The largest absolute Gasteiger partial charge is 0.252 e. The second kappa shape index (κ2) is 15.7. The number of allylic oxidation sites excluding steroid dienone is 4. The first-order valence-corrected chi connectivity index (χ1v) is 21.0. The molecule has 1 aliphatic carbocycles. The van der Waals surface area contributed by atoms with Gasteiger partial charge in [0.05, 0.1) is 28.3 Å². The summed E-state index contributed by atoms with van der Waals surface area (Å²) in [7, 11) is 0. The van der Waals surface area contributed by atoms with Crippen molar-refractivity contribution < 1.29 is 0 Å². The van der Waals surface area contributed by atoms with E-state index in [4.69, 9.17) is 19.9 Å². The zero-order valence-corrected chi connectivity index (χ0v) is 33.5. The molecule has 2 aromatic heterocycles. The van der Waals surface area contributed by atoms with Crippen molar-refractivity contribution in [1.82, 2.24) is 15.0 Å². The average Bonchev–Trinajstić information content (AvgIpc) is 3.69. The third kappa shape index (κ3) is 7.08. The molecule has 1 aliphatic heterocycles. The van der Waals surface area contributed by atoms with Gasteiger partial charge in [-0.15, -0.1) is 0 Å². The highest BCUT2D eigenvalue weighted by molar-refractivity contribution is 6.12. The van der Waals surface area contributed by atoms with Gasteiger partial charge in [-0.1, -0.05) is 194 Å². The number of fused-ring (bicyclic) bond motifs is 5. The fraction of sp³-hybridized carbons (Fsp3) is 0.0526. The Morgan fingerprint density at radius 2 is 0.885 bits per heavy atom. The second-order valence-electron chi connectivity index (χ2n) is 15.7. The predicted molar refractivity (Wildman–Crippen MR) is 253 cm³/mol. The quantitative estimate of drug-likeness (QED) is 0.162. The van der Waals surface area contributed by atoms with Gasteiger partial charge in [0.25, 0.3) is 0 Å². The average molecular weight is 781 g/mol. The van der Waals surface area contributed by atoms with Gasteiger partial charge in [-0.25, -0.2) is 15.0 Å². The van der Waals surface area contributed by atoms with Gasteiger partial charge in [-0.05, 0) is 64.4 Å². The molecule has 4 heteroatoms. The van der Waals surface area contributed by atoms with E-state index in [0.29, 0.717) is 5.82 Å². The number of nitrogens with zero attached hydrogens (tertiary/aromatic N) is 4. The molecule has 0 spiro atoms. The van der Waals surface area contributed by atoms with E-state index in [1.807, 2.05) is 12.1 Å².